The number of benzene rings is 2. The molecule has 0 radical (unpaired) electrons. The van der Waals surface area contributed by atoms with E-state index in [0.29, 0.717) is 36.2 Å². The molecule has 0 saturated carbocycles. The van der Waals surface area contributed by atoms with Crippen molar-refractivity contribution in [2.24, 2.45) is 0 Å². The van der Waals surface area contributed by atoms with Gasteiger partial charge in [0.25, 0.3) is 11.1 Å². The summed E-state index contributed by atoms with van der Waals surface area (Å²) in [5.41, 5.74) is 2.04. The SMILES string of the molecule is CCOc1cc(/C=C2\SC(=O)N(CC(=O)Nc3ccc(N4CCOCC4)cc3)C2=O)cc(Cl)c1OCC(=O)OC. The molecule has 3 amide bonds. The zero-order chi connectivity index (χ0) is 28.6. The smallest absolute Gasteiger partial charge is 0.343 e. The van der Waals surface area contributed by atoms with Gasteiger partial charge in [-0.25, -0.2) is 4.79 Å². The maximum absolute atomic E-state index is 13.0. The molecule has 2 heterocycles. The second kappa shape index (κ2) is 13.6. The molecule has 2 fully saturated rings. The third kappa shape index (κ3) is 7.26. The molecule has 0 atom stereocenters. The Hall–Kier alpha value is -3.74. The highest BCUT2D eigenvalue weighted by atomic mass is 35.5. The molecule has 0 aliphatic carbocycles. The minimum Gasteiger partial charge on any atom is -0.490 e. The number of ether oxygens (including phenoxy) is 4. The summed E-state index contributed by atoms with van der Waals surface area (Å²) in [5, 5.41) is 2.30. The molecular weight excluding hydrogens is 562 g/mol. The Morgan fingerprint density at radius 1 is 1.12 bits per heavy atom. The Bertz CT molecular complexity index is 1310. The number of hydrogen-bond acceptors (Lipinski definition) is 10. The van der Waals surface area contributed by atoms with Crippen molar-refractivity contribution in [2.45, 2.75) is 6.92 Å². The first-order valence-corrected chi connectivity index (χ1v) is 13.6. The van der Waals surface area contributed by atoms with Gasteiger partial charge in [0, 0.05) is 24.5 Å². The molecule has 2 aliphatic heterocycles. The zero-order valence-corrected chi connectivity index (χ0v) is 23.5. The Labute approximate surface area is 240 Å². The molecule has 212 valence electrons. The van der Waals surface area contributed by atoms with Crippen molar-refractivity contribution in [3.05, 3.63) is 51.9 Å². The van der Waals surface area contributed by atoms with Crippen molar-refractivity contribution in [1.29, 1.82) is 0 Å². The molecular formula is C27H28ClN3O8S. The monoisotopic (exact) mass is 589 g/mol. The van der Waals surface area contributed by atoms with Crippen molar-refractivity contribution in [2.75, 3.05) is 63.4 Å². The lowest BCUT2D eigenvalue weighted by Gasteiger charge is -2.28. The Balaban J connectivity index is 1.41. The summed E-state index contributed by atoms with van der Waals surface area (Å²) in [6, 6.07) is 10.4. The standard InChI is InChI=1S/C27H28ClN3O8S/c1-3-38-21-13-17(12-20(28)25(21)39-16-24(33)36-2)14-22-26(34)31(27(35)40-22)15-23(32)29-18-4-6-19(7-5-18)30-8-10-37-11-9-30/h4-7,12-14H,3,8-11,15-16H2,1-2H3,(H,29,32)/b22-14-. The second-order valence-corrected chi connectivity index (χ2v) is 9.99. The number of nitrogens with zero attached hydrogens (tertiary/aromatic N) is 2. The molecule has 0 aromatic heterocycles. The van der Waals surface area contributed by atoms with Gasteiger partial charge >= 0.3 is 5.97 Å². The van der Waals surface area contributed by atoms with Crippen LogP contribution < -0.4 is 19.7 Å². The number of carbonyl (C=O) groups excluding carboxylic acids is 4. The highest BCUT2D eigenvalue weighted by molar-refractivity contribution is 8.18. The van der Waals surface area contributed by atoms with Gasteiger partial charge in [-0.3, -0.25) is 19.3 Å². The maximum Gasteiger partial charge on any atom is 0.343 e. The average molecular weight is 590 g/mol. The Morgan fingerprint density at radius 2 is 1.85 bits per heavy atom. The fourth-order valence-electron chi connectivity index (χ4n) is 3.97. The van der Waals surface area contributed by atoms with E-state index in [-0.39, 0.29) is 34.6 Å². The molecule has 40 heavy (non-hydrogen) atoms. The summed E-state index contributed by atoms with van der Waals surface area (Å²) in [7, 11) is 1.24. The van der Waals surface area contributed by atoms with Gasteiger partial charge in [-0.1, -0.05) is 11.6 Å². The normalized spacial score (nSPS) is 16.3. The van der Waals surface area contributed by atoms with E-state index in [1.807, 2.05) is 12.1 Å². The highest BCUT2D eigenvalue weighted by Gasteiger charge is 2.36. The number of hydrogen-bond donors (Lipinski definition) is 1. The number of nitrogens with one attached hydrogen (secondary N) is 1. The van der Waals surface area contributed by atoms with Crippen LogP contribution in [0.2, 0.25) is 5.02 Å². The number of amides is 3. The lowest BCUT2D eigenvalue weighted by Crippen LogP contribution is -2.36. The number of imide groups is 1. The quantitative estimate of drug-likeness (QED) is 0.323. The first kappa shape index (κ1) is 29.2. The number of carbonyl (C=O) groups is 4. The largest absolute Gasteiger partial charge is 0.490 e. The van der Waals surface area contributed by atoms with E-state index in [0.717, 1.165) is 23.7 Å². The van der Waals surface area contributed by atoms with Gasteiger partial charge in [0.2, 0.25) is 5.91 Å². The van der Waals surface area contributed by atoms with Crippen molar-refractivity contribution in [3.63, 3.8) is 0 Å². The van der Waals surface area contributed by atoms with Crippen LogP contribution in [0.4, 0.5) is 16.2 Å². The van der Waals surface area contributed by atoms with E-state index < -0.39 is 29.6 Å². The Morgan fingerprint density at radius 3 is 2.52 bits per heavy atom. The lowest BCUT2D eigenvalue weighted by atomic mass is 10.1. The first-order valence-electron chi connectivity index (χ1n) is 12.4. The number of thioether (sulfide) groups is 1. The third-order valence-electron chi connectivity index (χ3n) is 5.89. The van der Waals surface area contributed by atoms with Gasteiger partial charge in [-0.05, 0) is 66.7 Å². The fraction of sp³-hybridized carbons (Fsp3) is 0.333. The van der Waals surface area contributed by atoms with Crippen molar-refractivity contribution < 1.29 is 38.1 Å². The van der Waals surface area contributed by atoms with Gasteiger partial charge < -0.3 is 29.2 Å². The predicted molar refractivity (Wildman–Crippen MR) is 151 cm³/mol. The molecule has 11 nitrogen and oxygen atoms in total. The number of rotatable bonds is 10. The van der Waals surface area contributed by atoms with Crippen LogP contribution in [0, 0.1) is 0 Å². The molecule has 2 aliphatic rings. The maximum atomic E-state index is 13.0. The van der Waals surface area contributed by atoms with Gasteiger partial charge in [-0.15, -0.1) is 0 Å². The van der Waals surface area contributed by atoms with Crippen LogP contribution in [0.1, 0.15) is 12.5 Å². The van der Waals surface area contributed by atoms with Gasteiger partial charge in [0.05, 0.1) is 36.9 Å². The Kier molecular flexibility index (Phi) is 9.91. The van der Waals surface area contributed by atoms with Crippen molar-refractivity contribution in [3.8, 4) is 11.5 Å². The number of halogens is 1. The number of morpholine rings is 1. The highest BCUT2D eigenvalue weighted by Crippen LogP contribution is 2.39. The summed E-state index contributed by atoms with van der Waals surface area (Å²) in [6.07, 6.45) is 1.48. The van der Waals surface area contributed by atoms with Crippen LogP contribution >= 0.6 is 23.4 Å². The molecule has 0 unspecified atom stereocenters. The second-order valence-electron chi connectivity index (χ2n) is 8.59. The molecule has 4 rings (SSSR count). The number of anilines is 2. The van der Waals surface area contributed by atoms with E-state index in [4.69, 9.17) is 25.8 Å². The topological polar surface area (TPSA) is 124 Å². The van der Waals surface area contributed by atoms with Gasteiger partial charge in [0.1, 0.15) is 6.54 Å². The fourth-order valence-corrected chi connectivity index (χ4v) is 5.09. The first-order chi connectivity index (χ1) is 19.3. The van der Waals surface area contributed by atoms with Crippen LogP contribution in [0.15, 0.2) is 41.3 Å². The summed E-state index contributed by atoms with van der Waals surface area (Å²) in [6.45, 7) is 4.18. The van der Waals surface area contributed by atoms with Crippen LogP contribution in [-0.4, -0.2) is 81.1 Å². The zero-order valence-electron chi connectivity index (χ0n) is 21.9. The molecule has 2 aromatic carbocycles. The van der Waals surface area contributed by atoms with E-state index in [1.54, 1.807) is 25.1 Å². The number of methoxy groups -OCH3 is 1. The van der Waals surface area contributed by atoms with Crippen LogP contribution in [0.5, 0.6) is 11.5 Å². The summed E-state index contributed by atoms with van der Waals surface area (Å²) in [5.74, 6) is -1.30. The lowest BCUT2D eigenvalue weighted by molar-refractivity contribution is -0.143. The molecule has 0 spiro atoms. The predicted octanol–water partition coefficient (Wildman–Crippen LogP) is 3.80. The van der Waals surface area contributed by atoms with Crippen molar-refractivity contribution in [1.82, 2.24) is 4.90 Å². The minimum absolute atomic E-state index is 0.120. The summed E-state index contributed by atoms with van der Waals surface area (Å²) < 4.78 is 21.0. The van der Waals surface area contributed by atoms with Crippen LogP contribution in [0.3, 0.4) is 0 Å². The minimum atomic E-state index is -0.604. The van der Waals surface area contributed by atoms with Gasteiger partial charge in [0.15, 0.2) is 18.1 Å². The molecule has 1 N–H and O–H groups in total. The van der Waals surface area contributed by atoms with E-state index >= 15 is 0 Å². The average Bonchev–Trinajstić information content (AvgIpc) is 3.20. The molecule has 2 saturated heterocycles. The number of esters is 1. The van der Waals surface area contributed by atoms with Gasteiger partial charge in [-0.2, -0.15) is 0 Å². The molecule has 0 bridgehead atoms. The molecule has 2 aromatic rings. The summed E-state index contributed by atoms with van der Waals surface area (Å²) in [4.78, 5) is 52.9. The van der Waals surface area contributed by atoms with E-state index in [1.165, 1.54) is 19.3 Å². The molecule has 13 heteroatoms. The van der Waals surface area contributed by atoms with E-state index in [2.05, 4.69) is 15.0 Å². The third-order valence-corrected chi connectivity index (χ3v) is 7.08. The van der Waals surface area contributed by atoms with Crippen LogP contribution in [0.25, 0.3) is 6.08 Å². The summed E-state index contributed by atoms with van der Waals surface area (Å²) >= 11 is 7.07. The van der Waals surface area contributed by atoms with Crippen molar-refractivity contribution >= 4 is 63.8 Å². The van der Waals surface area contributed by atoms with Crippen LogP contribution in [-0.2, 0) is 23.9 Å². The van der Waals surface area contributed by atoms with E-state index in [9.17, 15) is 19.2 Å².